The number of carbonyl (C=O) groups excluding carboxylic acids is 1. The zero-order valence-electron chi connectivity index (χ0n) is 10.1. The van der Waals surface area contributed by atoms with Crippen LogP contribution >= 0.6 is 11.5 Å². The van der Waals surface area contributed by atoms with E-state index in [2.05, 4.69) is 11.0 Å². The van der Waals surface area contributed by atoms with Crippen molar-refractivity contribution in [3.63, 3.8) is 0 Å². The van der Waals surface area contributed by atoms with E-state index in [4.69, 9.17) is 5.73 Å². The Morgan fingerprint density at radius 3 is 2.59 bits per heavy atom. The van der Waals surface area contributed by atoms with E-state index in [1.165, 1.54) is 11.5 Å². The van der Waals surface area contributed by atoms with Crippen molar-refractivity contribution in [3.05, 3.63) is 34.4 Å². The van der Waals surface area contributed by atoms with Crippen molar-refractivity contribution in [2.75, 3.05) is 0 Å². The molecule has 0 spiro atoms. The third-order valence-electron chi connectivity index (χ3n) is 2.94. The molecule has 4 heteroatoms. The van der Waals surface area contributed by atoms with E-state index in [-0.39, 0.29) is 5.91 Å². The minimum absolute atomic E-state index is 0.368. The van der Waals surface area contributed by atoms with Crippen LogP contribution in [0.1, 0.15) is 53.5 Å². The molecule has 3 nitrogen and oxygen atoms in total. The summed E-state index contributed by atoms with van der Waals surface area (Å²) in [6.45, 7) is 7.87. The zero-order chi connectivity index (χ0) is 12.6. The van der Waals surface area contributed by atoms with E-state index in [1.807, 2.05) is 13.8 Å². The standard InChI is InChI=1S/C13H16N2OS/c1-4-9(7(2)3)11-10(8-5-6-8)12(13(14)16)17-15-11/h4,8H,1,5-6H2,2-3H3,(H2,14,16). The van der Waals surface area contributed by atoms with E-state index in [9.17, 15) is 4.79 Å². The van der Waals surface area contributed by atoms with Crippen LogP contribution in [0.2, 0.25) is 0 Å². The molecule has 0 aliphatic heterocycles. The minimum Gasteiger partial charge on any atom is -0.365 e. The van der Waals surface area contributed by atoms with Crippen LogP contribution in [0.4, 0.5) is 0 Å². The molecule has 2 N–H and O–H groups in total. The molecule has 0 bridgehead atoms. The van der Waals surface area contributed by atoms with Gasteiger partial charge in [0.05, 0.1) is 5.69 Å². The number of hydrogen-bond donors (Lipinski definition) is 1. The summed E-state index contributed by atoms with van der Waals surface area (Å²) in [5.41, 5.74) is 9.52. The maximum absolute atomic E-state index is 11.4. The Balaban J connectivity index is 2.58. The molecular formula is C13H16N2OS. The van der Waals surface area contributed by atoms with Gasteiger partial charge in [-0.3, -0.25) is 4.79 Å². The first kappa shape index (κ1) is 12.0. The van der Waals surface area contributed by atoms with Crippen molar-refractivity contribution in [2.24, 2.45) is 5.73 Å². The number of carbonyl (C=O) groups is 1. The number of allylic oxidation sites excluding steroid dienone is 3. The van der Waals surface area contributed by atoms with Crippen LogP contribution in [0.15, 0.2) is 18.2 Å². The largest absolute Gasteiger partial charge is 0.365 e. The lowest BCUT2D eigenvalue weighted by molar-refractivity contribution is 0.100. The molecule has 1 aromatic heterocycles. The number of aromatic nitrogens is 1. The van der Waals surface area contributed by atoms with Gasteiger partial charge in [0.1, 0.15) is 4.88 Å². The van der Waals surface area contributed by atoms with Gasteiger partial charge in [0.15, 0.2) is 0 Å². The van der Waals surface area contributed by atoms with Crippen LogP contribution in [0, 0.1) is 0 Å². The normalized spacial score (nSPS) is 14.5. The number of amides is 1. The zero-order valence-corrected chi connectivity index (χ0v) is 10.9. The van der Waals surface area contributed by atoms with Crippen LogP contribution < -0.4 is 5.73 Å². The maximum Gasteiger partial charge on any atom is 0.260 e. The monoisotopic (exact) mass is 248 g/mol. The molecule has 1 saturated carbocycles. The lowest BCUT2D eigenvalue weighted by Crippen LogP contribution is -2.11. The molecule has 1 aliphatic rings. The van der Waals surface area contributed by atoms with Crippen molar-refractivity contribution in [2.45, 2.75) is 32.6 Å². The highest BCUT2D eigenvalue weighted by Crippen LogP contribution is 2.46. The quantitative estimate of drug-likeness (QED) is 0.832. The van der Waals surface area contributed by atoms with Gasteiger partial charge in [-0.1, -0.05) is 18.2 Å². The van der Waals surface area contributed by atoms with Crippen molar-refractivity contribution in [1.29, 1.82) is 0 Å². The summed E-state index contributed by atoms with van der Waals surface area (Å²) in [6.07, 6.45) is 4.05. The molecule has 90 valence electrons. The Labute approximate surface area is 105 Å². The van der Waals surface area contributed by atoms with Crippen LogP contribution in [0.5, 0.6) is 0 Å². The summed E-state index contributed by atoms with van der Waals surface area (Å²) < 4.78 is 4.40. The molecule has 0 saturated heterocycles. The van der Waals surface area contributed by atoms with Gasteiger partial charge >= 0.3 is 0 Å². The van der Waals surface area contributed by atoms with Gasteiger partial charge < -0.3 is 5.73 Å². The van der Waals surface area contributed by atoms with Gasteiger partial charge in [-0.2, -0.15) is 4.37 Å². The third kappa shape index (κ3) is 2.17. The highest BCUT2D eigenvalue weighted by atomic mass is 32.1. The van der Waals surface area contributed by atoms with Crippen molar-refractivity contribution in [1.82, 2.24) is 4.37 Å². The van der Waals surface area contributed by atoms with Crippen LogP contribution in [-0.2, 0) is 0 Å². The molecule has 1 amide bonds. The summed E-state index contributed by atoms with van der Waals surface area (Å²) in [5, 5.41) is 0. The van der Waals surface area contributed by atoms with Crippen LogP contribution in [-0.4, -0.2) is 10.3 Å². The highest BCUT2D eigenvalue weighted by molar-refractivity contribution is 7.08. The minimum atomic E-state index is -0.368. The van der Waals surface area contributed by atoms with Crippen molar-refractivity contribution >= 4 is 23.0 Å². The predicted octanol–water partition coefficient (Wildman–Crippen LogP) is 3.10. The number of primary amides is 1. The first-order valence-corrected chi connectivity index (χ1v) is 6.43. The van der Waals surface area contributed by atoms with Crippen molar-refractivity contribution in [3.8, 4) is 0 Å². The highest BCUT2D eigenvalue weighted by Gasteiger charge is 2.33. The first-order chi connectivity index (χ1) is 8.06. The van der Waals surface area contributed by atoms with Gasteiger partial charge in [-0.25, -0.2) is 0 Å². The van der Waals surface area contributed by atoms with Gasteiger partial charge in [0, 0.05) is 5.56 Å². The summed E-state index contributed by atoms with van der Waals surface area (Å²) in [5.74, 6) is 0.0911. The summed E-state index contributed by atoms with van der Waals surface area (Å²) in [6, 6.07) is 0. The average Bonchev–Trinajstić information content (AvgIpc) is 3.00. The molecule has 2 rings (SSSR count). The second kappa shape index (κ2) is 4.45. The lowest BCUT2D eigenvalue weighted by atomic mass is 9.99. The van der Waals surface area contributed by atoms with Gasteiger partial charge in [0.25, 0.3) is 5.91 Å². The number of nitrogens with zero attached hydrogens (tertiary/aromatic N) is 1. The molecule has 17 heavy (non-hydrogen) atoms. The Kier molecular flexibility index (Phi) is 3.15. The molecule has 1 heterocycles. The third-order valence-corrected chi connectivity index (χ3v) is 3.81. The second-order valence-electron chi connectivity index (χ2n) is 4.53. The van der Waals surface area contributed by atoms with E-state index in [1.54, 1.807) is 6.08 Å². The van der Waals surface area contributed by atoms with Gasteiger partial charge in [-0.15, -0.1) is 0 Å². The van der Waals surface area contributed by atoms with Crippen LogP contribution in [0.3, 0.4) is 0 Å². The second-order valence-corrected chi connectivity index (χ2v) is 5.30. The summed E-state index contributed by atoms with van der Waals surface area (Å²) in [7, 11) is 0. The van der Waals surface area contributed by atoms with E-state index in [0.29, 0.717) is 10.8 Å². The topological polar surface area (TPSA) is 56.0 Å². The Hall–Kier alpha value is -1.42. The molecular weight excluding hydrogens is 232 g/mol. The molecule has 0 atom stereocenters. The SMILES string of the molecule is C=CC(=C(C)C)c1nsc(C(N)=O)c1C1CC1. The van der Waals surface area contributed by atoms with Gasteiger partial charge in [-0.05, 0) is 49.7 Å². The van der Waals surface area contributed by atoms with Crippen LogP contribution in [0.25, 0.3) is 5.57 Å². The number of nitrogens with two attached hydrogens (primary N) is 1. The molecule has 1 fully saturated rings. The fraction of sp³-hybridized carbons (Fsp3) is 0.385. The van der Waals surface area contributed by atoms with E-state index < -0.39 is 0 Å². The average molecular weight is 248 g/mol. The summed E-state index contributed by atoms with van der Waals surface area (Å²) in [4.78, 5) is 12.0. The molecule has 1 aromatic rings. The first-order valence-electron chi connectivity index (χ1n) is 5.66. The van der Waals surface area contributed by atoms with Crippen molar-refractivity contribution < 1.29 is 4.79 Å². The Morgan fingerprint density at radius 1 is 1.53 bits per heavy atom. The lowest BCUT2D eigenvalue weighted by Gasteiger charge is -2.05. The van der Waals surface area contributed by atoms with Gasteiger partial charge in [0.2, 0.25) is 0 Å². The Morgan fingerprint density at radius 2 is 2.18 bits per heavy atom. The molecule has 0 aromatic carbocycles. The Bertz CT molecular complexity index is 505. The molecule has 0 radical (unpaired) electrons. The predicted molar refractivity (Wildman–Crippen MR) is 71.1 cm³/mol. The fourth-order valence-corrected chi connectivity index (χ4v) is 2.79. The molecule has 1 aliphatic carbocycles. The number of rotatable bonds is 4. The van der Waals surface area contributed by atoms with E-state index in [0.717, 1.165) is 35.2 Å². The smallest absolute Gasteiger partial charge is 0.260 e. The molecule has 0 unspecified atom stereocenters. The fourth-order valence-electron chi connectivity index (χ4n) is 1.96. The summed E-state index contributed by atoms with van der Waals surface area (Å²) >= 11 is 1.21. The van der Waals surface area contributed by atoms with E-state index >= 15 is 0 Å². The maximum atomic E-state index is 11.4. The number of hydrogen-bond acceptors (Lipinski definition) is 3.